The summed E-state index contributed by atoms with van der Waals surface area (Å²) in [6, 6.07) is 13.7. The van der Waals surface area contributed by atoms with Crippen LogP contribution in [0.3, 0.4) is 0 Å². The summed E-state index contributed by atoms with van der Waals surface area (Å²) in [6.45, 7) is 2.43. The first kappa shape index (κ1) is 22.8. The van der Waals surface area contributed by atoms with Crippen molar-refractivity contribution in [2.24, 2.45) is 29.6 Å². The second-order valence-electron chi connectivity index (χ2n) is 10.8. The predicted octanol–water partition coefficient (Wildman–Crippen LogP) is 4.73. The van der Waals surface area contributed by atoms with Crippen LogP contribution in [0.25, 0.3) is 17.2 Å². The largest absolute Gasteiger partial charge is 0.462 e. The number of pyridine rings is 1. The van der Waals surface area contributed by atoms with Crippen molar-refractivity contribution in [3.63, 3.8) is 0 Å². The number of carbonyl (C=O) groups excluding carboxylic acids is 2. The number of nitriles is 1. The number of fused-ring (bicyclic) bond motifs is 2. The fourth-order valence-corrected chi connectivity index (χ4v) is 7.19. The lowest BCUT2D eigenvalue weighted by Gasteiger charge is -2.49. The number of aromatic nitrogens is 1. The molecule has 4 fully saturated rings. The number of nitrogens with zero attached hydrogens (tertiary/aromatic N) is 2. The summed E-state index contributed by atoms with van der Waals surface area (Å²) in [7, 11) is 0. The number of hydrogen-bond acceptors (Lipinski definition) is 6. The van der Waals surface area contributed by atoms with E-state index in [0.29, 0.717) is 24.0 Å². The molecule has 2 aliphatic carbocycles. The Balaban J connectivity index is 1.26. The molecule has 2 saturated carbocycles. The van der Waals surface area contributed by atoms with E-state index in [1.54, 1.807) is 6.20 Å². The molecule has 7 atom stereocenters. The quantitative estimate of drug-likeness (QED) is 0.634. The maximum absolute atomic E-state index is 12.7. The molecule has 184 valence electrons. The average molecular weight is 484 g/mol. The van der Waals surface area contributed by atoms with Gasteiger partial charge in [-0.05, 0) is 68.6 Å². The number of allylic oxidation sites excluding steroid dienone is 1. The Morgan fingerprint density at radius 3 is 2.83 bits per heavy atom. The van der Waals surface area contributed by atoms with Gasteiger partial charge >= 0.3 is 12.1 Å². The molecule has 0 radical (unpaired) electrons. The number of carbonyl (C=O) groups is 2. The summed E-state index contributed by atoms with van der Waals surface area (Å²) >= 11 is 0. The van der Waals surface area contributed by atoms with Gasteiger partial charge in [-0.2, -0.15) is 5.26 Å². The molecule has 1 aromatic carbocycles. The Hall–Kier alpha value is -3.66. The van der Waals surface area contributed by atoms with Crippen molar-refractivity contribution in [2.75, 3.05) is 6.61 Å². The monoisotopic (exact) mass is 483 g/mol. The van der Waals surface area contributed by atoms with Gasteiger partial charge in [0.15, 0.2) is 0 Å². The Morgan fingerprint density at radius 1 is 1.22 bits per heavy atom. The SMILES string of the molecule is C[C@H]1OC(=O)[C@@H]2C[C@@H]3C[C@]4(CC[C@H]3[C@H](/C=C/c3ccc(-c5ccccc5C#N)cn3)[C@H]12)COC(=O)N4. The number of alkyl carbamates (subject to hydrolysis) is 1. The zero-order valence-electron chi connectivity index (χ0n) is 20.2. The molecule has 1 N–H and O–H groups in total. The van der Waals surface area contributed by atoms with Gasteiger partial charge in [-0.15, -0.1) is 0 Å². The van der Waals surface area contributed by atoms with Gasteiger partial charge in [-0.25, -0.2) is 4.79 Å². The number of ether oxygens (including phenoxy) is 2. The van der Waals surface area contributed by atoms with Crippen molar-refractivity contribution >= 4 is 18.1 Å². The lowest BCUT2D eigenvalue weighted by Crippen LogP contribution is -2.53. The third-order valence-corrected chi connectivity index (χ3v) is 8.80. The van der Waals surface area contributed by atoms with E-state index < -0.39 is 0 Å². The number of esters is 1. The van der Waals surface area contributed by atoms with Gasteiger partial charge < -0.3 is 14.8 Å². The highest BCUT2D eigenvalue weighted by atomic mass is 16.6. The summed E-state index contributed by atoms with van der Waals surface area (Å²) in [5.74, 6) is 0.902. The van der Waals surface area contributed by atoms with Crippen LogP contribution in [-0.2, 0) is 14.3 Å². The minimum Gasteiger partial charge on any atom is -0.462 e. The molecule has 2 saturated heterocycles. The third kappa shape index (κ3) is 3.85. The molecular weight excluding hydrogens is 454 g/mol. The number of hydrogen-bond donors (Lipinski definition) is 1. The molecule has 1 spiro atoms. The second kappa shape index (κ2) is 8.77. The highest BCUT2D eigenvalue weighted by Crippen LogP contribution is 2.55. The van der Waals surface area contributed by atoms with Crippen LogP contribution in [0.15, 0.2) is 48.7 Å². The number of amides is 1. The van der Waals surface area contributed by atoms with Crippen molar-refractivity contribution in [3.8, 4) is 17.2 Å². The fourth-order valence-electron chi connectivity index (χ4n) is 7.19. The van der Waals surface area contributed by atoms with E-state index in [1.807, 2.05) is 43.3 Å². The van der Waals surface area contributed by atoms with Crippen LogP contribution >= 0.6 is 0 Å². The normalized spacial score (nSPS) is 35.0. The average Bonchev–Trinajstić information content (AvgIpc) is 3.39. The van der Waals surface area contributed by atoms with Gasteiger partial charge in [0.2, 0.25) is 0 Å². The zero-order chi connectivity index (χ0) is 24.9. The lowest BCUT2D eigenvalue weighted by atomic mass is 9.55. The minimum absolute atomic E-state index is 0.0886. The van der Waals surface area contributed by atoms with Crippen molar-refractivity contribution in [2.45, 2.75) is 44.2 Å². The van der Waals surface area contributed by atoms with E-state index in [1.165, 1.54) is 0 Å². The summed E-state index contributed by atoms with van der Waals surface area (Å²) in [5, 5.41) is 12.5. The molecule has 3 heterocycles. The molecule has 0 bridgehead atoms. The van der Waals surface area contributed by atoms with E-state index in [9.17, 15) is 14.9 Å². The van der Waals surface area contributed by atoms with E-state index >= 15 is 0 Å². The molecule has 7 nitrogen and oxygen atoms in total. The molecular formula is C29H29N3O4. The van der Waals surface area contributed by atoms with E-state index in [4.69, 9.17) is 9.47 Å². The molecule has 6 rings (SSSR count). The Morgan fingerprint density at radius 2 is 2.08 bits per heavy atom. The van der Waals surface area contributed by atoms with Gasteiger partial charge in [-0.3, -0.25) is 9.78 Å². The Kier molecular flexibility index (Phi) is 5.55. The molecule has 7 heteroatoms. The first-order valence-corrected chi connectivity index (χ1v) is 12.8. The smallest absolute Gasteiger partial charge is 0.407 e. The Labute approximate surface area is 210 Å². The van der Waals surface area contributed by atoms with E-state index in [0.717, 1.165) is 42.5 Å². The van der Waals surface area contributed by atoms with Gasteiger partial charge in [0.05, 0.1) is 28.8 Å². The van der Waals surface area contributed by atoms with Crippen molar-refractivity contribution < 1.29 is 19.1 Å². The van der Waals surface area contributed by atoms with Crippen LogP contribution in [0.1, 0.15) is 43.9 Å². The summed E-state index contributed by atoms with van der Waals surface area (Å²) in [4.78, 5) is 29.2. The third-order valence-electron chi connectivity index (χ3n) is 8.80. The summed E-state index contributed by atoms with van der Waals surface area (Å²) < 4.78 is 11.0. The van der Waals surface area contributed by atoms with E-state index in [2.05, 4.69) is 28.5 Å². The van der Waals surface area contributed by atoms with Gasteiger partial charge in [0, 0.05) is 23.2 Å². The van der Waals surface area contributed by atoms with Crippen LogP contribution in [0.5, 0.6) is 0 Å². The molecule has 2 aliphatic heterocycles. The molecule has 2 aromatic rings. The highest BCUT2D eigenvalue weighted by molar-refractivity contribution is 5.76. The van der Waals surface area contributed by atoms with Gasteiger partial charge in [0.1, 0.15) is 12.7 Å². The molecule has 36 heavy (non-hydrogen) atoms. The predicted molar refractivity (Wildman–Crippen MR) is 132 cm³/mol. The molecule has 1 aromatic heterocycles. The van der Waals surface area contributed by atoms with Crippen molar-refractivity contribution in [1.82, 2.24) is 10.3 Å². The van der Waals surface area contributed by atoms with Gasteiger partial charge in [-0.1, -0.05) is 30.3 Å². The van der Waals surface area contributed by atoms with Crippen molar-refractivity contribution in [1.29, 1.82) is 5.26 Å². The first-order valence-electron chi connectivity index (χ1n) is 12.8. The fraction of sp³-hybridized carbons (Fsp3) is 0.448. The first-order chi connectivity index (χ1) is 17.5. The van der Waals surface area contributed by atoms with Crippen LogP contribution in [0, 0.1) is 40.9 Å². The maximum Gasteiger partial charge on any atom is 0.407 e. The number of rotatable bonds is 3. The molecule has 4 aliphatic rings. The van der Waals surface area contributed by atoms with Crippen LogP contribution < -0.4 is 5.32 Å². The highest BCUT2D eigenvalue weighted by Gasteiger charge is 2.57. The van der Waals surface area contributed by atoms with Crippen LogP contribution in [-0.4, -0.2) is 35.3 Å². The molecule has 1 amide bonds. The lowest BCUT2D eigenvalue weighted by molar-refractivity contribution is -0.144. The summed E-state index contributed by atoms with van der Waals surface area (Å²) in [6.07, 6.45) is 9.17. The number of benzene rings is 1. The second-order valence-corrected chi connectivity index (χ2v) is 10.8. The van der Waals surface area contributed by atoms with Crippen molar-refractivity contribution in [3.05, 3.63) is 59.9 Å². The minimum atomic E-state index is -0.334. The zero-order valence-corrected chi connectivity index (χ0v) is 20.2. The van der Waals surface area contributed by atoms with Gasteiger partial charge in [0.25, 0.3) is 0 Å². The maximum atomic E-state index is 12.7. The number of cyclic esters (lactones) is 2. The number of nitrogens with one attached hydrogen (secondary N) is 1. The molecule has 0 unspecified atom stereocenters. The topological polar surface area (TPSA) is 101 Å². The Bertz CT molecular complexity index is 1270. The van der Waals surface area contributed by atoms with Crippen LogP contribution in [0.4, 0.5) is 4.79 Å². The van der Waals surface area contributed by atoms with E-state index in [-0.39, 0.29) is 41.5 Å². The summed E-state index contributed by atoms with van der Waals surface area (Å²) in [5.41, 5.74) is 2.94. The standard InChI is InChI=1S/C29H29N3O4/c1-17-26-24(9-8-21-7-6-19(15-31-21)22-5-3-2-4-18(22)14-30)23-10-11-29(16-35-28(34)32-29)13-20(23)12-25(26)27(33)36-17/h2-9,15,17,20,23-26H,10-13,16H2,1H3,(H,32,34)/b9-8+/t17-,20-,23-,24+,25-,26+,29-/m1/s1. The van der Waals surface area contributed by atoms with Crippen LogP contribution in [0.2, 0.25) is 0 Å².